The quantitative estimate of drug-likeness (QED) is 0.821. The van der Waals surface area contributed by atoms with Crippen LogP contribution in [0, 0.1) is 5.82 Å². The van der Waals surface area contributed by atoms with Gasteiger partial charge in [0.15, 0.2) is 0 Å². The molecule has 0 spiro atoms. The van der Waals surface area contributed by atoms with Gasteiger partial charge in [-0.1, -0.05) is 30.3 Å². The third-order valence-electron chi connectivity index (χ3n) is 3.05. The highest BCUT2D eigenvalue weighted by molar-refractivity contribution is 6.12. The van der Waals surface area contributed by atoms with Gasteiger partial charge in [-0.25, -0.2) is 4.39 Å². The van der Waals surface area contributed by atoms with Crippen molar-refractivity contribution in [3.63, 3.8) is 0 Å². The van der Waals surface area contributed by atoms with E-state index in [1.807, 2.05) is 24.3 Å². The fraction of sp³-hybridized carbons (Fsp3) is 0.0667. The third kappa shape index (κ3) is 2.12. The molecule has 1 aliphatic heterocycles. The first-order valence-corrected chi connectivity index (χ1v) is 5.94. The van der Waals surface area contributed by atoms with Gasteiger partial charge in [-0.3, -0.25) is 9.79 Å². The van der Waals surface area contributed by atoms with Crippen molar-refractivity contribution in [1.82, 2.24) is 0 Å². The minimum absolute atomic E-state index is 0.138. The molecule has 0 aromatic heterocycles. The van der Waals surface area contributed by atoms with E-state index in [1.54, 1.807) is 18.2 Å². The Bertz CT molecular complexity index is 667. The second-order valence-electron chi connectivity index (χ2n) is 4.28. The third-order valence-corrected chi connectivity index (χ3v) is 3.05. The standard InChI is InChI=1S/C15H11FN2O/c16-12-6-2-4-8-14(12)17-9-11-10-5-1-3-7-13(10)18-15(11)19/h1-9,11H,(H,18,19). The summed E-state index contributed by atoms with van der Waals surface area (Å²) in [6, 6.07) is 13.7. The molecule has 19 heavy (non-hydrogen) atoms. The first-order chi connectivity index (χ1) is 9.25. The van der Waals surface area contributed by atoms with Crippen molar-refractivity contribution in [2.45, 2.75) is 5.92 Å². The number of hydrogen-bond donors (Lipinski definition) is 1. The number of aliphatic imine (C=N–C) groups is 1. The summed E-state index contributed by atoms with van der Waals surface area (Å²) in [5.74, 6) is -0.998. The minimum atomic E-state index is -0.462. The second kappa shape index (κ2) is 4.65. The Morgan fingerprint density at radius 1 is 1.11 bits per heavy atom. The normalized spacial score (nSPS) is 17.5. The molecule has 1 atom stereocenters. The summed E-state index contributed by atoms with van der Waals surface area (Å²) >= 11 is 0. The Balaban J connectivity index is 1.92. The summed E-state index contributed by atoms with van der Waals surface area (Å²) in [6.07, 6.45) is 1.49. The largest absolute Gasteiger partial charge is 0.325 e. The highest BCUT2D eigenvalue weighted by Gasteiger charge is 2.28. The Hall–Kier alpha value is -2.49. The van der Waals surface area contributed by atoms with E-state index >= 15 is 0 Å². The van der Waals surface area contributed by atoms with E-state index in [-0.39, 0.29) is 11.6 Å². The van der Waals surface area contributed by atoms with Crippen molar-refractivity contribution in [2.75, 3.05) is 5.32 Å². The van der Waals surface area contributed by atoms with Gasteiger partial charge in [-0.05, 0) is 23.8 Å². The number of anilines is 1. The predicted molar refractivity (Wildman–Crippen MR) is 72.4 cm³/mol. The van der Waals surface area contributed by atoms with Crippen LogP contribution in [0.25, 0.3) is 0 Å². The SMILES string of the molecule is O=C1Nc2ccccc2C1C=Nc1ccccc1F. The van der Waals surface area contributed by atoms with Gasteiger partial charge in [0.25, 0.3) is 0 Å². The molecule has 2 aromatic rings. The summed E-state index contributed by atoms with van der Waals surface area (Å²) < 4.78 is 13.4. The maximum Gasteiger partial charge on any atom is 0.237 e. The van der Waals surface area contributed by atoms with Gasteiger partial charge in [-0.2, -0.15) is 0 Å². The van der Waals surface area contributed by atoms with Crippen molar-refractivity contribution in [1.29, 1.82) is 0 Å². The van der Waals surface area contributed by atoms with Crippen LogP contribution in [0.2, 0.25) is 0 Å². The van der Waals surface area contributed by atoms with Crippen LogP contribution in [-0.2, 0) is 4.79 Å². The first kappa shape index (κ1) is 11.6. The van der Waals surface area contributed by atoms with Gasteiger partial charge < -0.3 is 5.32 Å². The van der Waals surface area contributed by atoms with Crippen molar-refractivity contribution in [2.24, 2.45) is 4.99 Å². The zero-order valence-corrected chi connectivity index (χ0v) is 10.0. The number of halogens is 1. The lowest BCUT2D eigenvalue weighted by Gasteiger charge is -2.01. The number of para-hydroxylation sites is 2. The zero-order chi connectivity index (χ0) is 13.2. The van der Waals surface area contributed by atoms with E-state index in [9.17, 15) is 9.18 Å². The number of carbonyl (C=O) groups is 1. The van der Waals surface area contributed by atoms with Crippen LogP contribution in [0.15, 0.2) is 53.5 Å². The molecule has 1 amide bonds. The Morgan fingerprint density at radius 2 is 1.84 bits per heavy atom. The predicted octanol–water partition coefficient (Wildman–Crippen LogP) is 3.26. The van der Waals surface area contributed by atoms with E-state index < -0.39 is 11.7 Å². The highest BCUT2D eigenvalue weighted by Crippen LogP contribution is 2.31. The topological polar surface area (TPSA) is 41.5 Å². The molecule has 4 heteroatoms. The molecule has 3 nitrogen and oxygen atoms in total. The average Bonchev–Trinajstić information content (AvgIpc) is 2.74. The molecule has 0 saturated heterocycles. The molecular formula is C15H11FN2O. The molecule has 94 valence electrons. The number of amides is 1. The number of carbonyl (C=O) groups excluding carboxylic acids is 1. The van der Waals surface area contributed by atoms with Crippen LogP contribution in [-0.4, -0.2) is 12.1 Å². The molecule has 0 radical (unpaired) electrons. The summed E-state index contributed by atoms with van der Waals surface area (Å²) in [5.41, 5.74) is 1.89. The maximum absolute atomic E-state index is 13.4. The van der Waals surface area contributed by atoms with Crippen LogP contribution >= 0.6 is 0 Å². The van der Waals surface area contributed by atoms with E-state index in [1.165, 1.54) is 12.3 Å². The number of nitrogens with one attached hydrogen (secondary N) is 1. The molecule has 1 heterocycles. The molecule has 0 aliphatic carbocycles. The number of hydrogen-bond acceptors (Lipinski definition) is 2. The highest BCUT2D eigenvalue weighted by atomic mass is 19.1. The molecule has 1 unspecified atom stereocenters. The van der Waals surface area contributed by atoms with Gasteiger partial charge in [0.1, 0.15) is 11.7 Å². The van der Waals surface area contributed by atoms with E-state index in [0.29, 0.717) is 0 Å². The molecule has 0 saturated carbocycles. The summed E-state index contributed by atoms with van der Waals surface area (Å²) in [5, 5.41) is 2.77. The van der Waals surface area contributed by atoms with Crippen LogP contribution in [0.1, 0.15) is 11.5 Å². The molecule has 0 fully saturated rings. The molecular weight excluding hydrogens is 243 g/mol. The van der Waals surface area contributed by atoms with Gasteiger partial charge in [0, 0.05) is 11.9 Å². The van der Waals surface area contributed by atoms with Crippen molar-refractivity contribution >= 4 is 23.5 Å². The maximum atomic E-state index is 13.4. The first-order valence-electron chi connectivity index (χ1n) is 5.94. The zero-order valence-electron chi connectivity index (χ0n) is 10.0. The van der Waals surface area contributed by atoms with E-state index in [4.69, 9.17) is 0 Å². The smallest absolute Gasteiger partial charge is 0.237 e. The fourth-order valence-electron chi connectivity index (χ4n) is 2.09. The summed E-state index contributed by atoms with van der Waals surface area (Å²) in [7, 11) is 0. The van der Waals surface area contributed by atoms with Crippen molar-refractivity contribution in [3.05, 3.63) is 59.9 Å². The lowest BCUT2D eigenvalue weighted by Crippen LogP contribution is -2.12. The van der Waals surface area contributed by atoms with Gasteiger partial charge in [-0.15, -0.1) is 0 Å². The Labute approximate surface area is 109 Å². The van der Waals surface area contributed by atoms with Gasteiger partial charge >= 0.3 is 0 Å². The average molecular weight is 254 g/mol. The molecule has 1 N–H and O–H groups in total. The van der Waals surface area contributed by atoms with E-state index in [0.717, 1.165) is 11.3 Å². The van der Waals surface area contributed by atoms with Crippen molar-refractivity contribution < 1.29 is 9.18 Å². The number of nitrogens with zero attached hydrogens (tertiary/aromatic N) is 1. The summed E-state index contributed by atoms with van der Waals surface area (Å²) in [6.45, 7) is 0. The van der Waals surface area contributed by atoms with Crippen LogP contribution in [0.5, 0.6) is 0 Å². The second-order valence-corrected chi connectivity index (χ2v) is 4.28. The monoisotopic (exact) mass is 254 g/mol. The van der Waals surface area contributed by atoms with Crippen LogP contribution in [0.4, 0.5) is 15.8 Å². The Kier molecular flexibility index (Phi) is 2.83. The number of rotatable bonds is 2. The minimum Gasteiger partial charge on any atom is -0.325 e. The van der Waals surface area contributed by atoms with Gasteiger partial charge in [0.2, 0.25) is 5.91 Å². The van der Waals surface area contributed by atoms with Crippen LogP contribution in [0.3, 0.4) is 0 Å². The van der Waals surface area contributed by atoms with E-state index in [2.05, 4.69) is 10.3 Å². The fourth-order valence-corrected chi connectivity index (χ4v) is 2.09. The van der Waals surface area contributed by atoms with Crippen molar-refractivity contribution in [3.8, 4) is 0 Å². The Morgan fingerprint density at radius 3 is 2.68 bits per heavy atom. The summed E-state index contributed by atoms with van der Waals surface area (Å²) in [4.78, 5) is 15.9. The lowest BCUT2D eigenvalue weighted by atomic mass is 10.0. The molecule has 2 aromatic carbocycles. The molecule has 3 rings (SSSR count). The molecule has 0 bridgehead atoms. The van der Waals surface area contributed by atoms with Crippen LogP contribution < -0.4 is 5.32 Å². The lowest BCUT2D eigenvalue weighted by molar-refractivity contribution is -0.115. The van der Waals surface area contributed by atoms with Gasteiger partial charge in [0.05, 0.1) is 5.69 Å². The number of benzene rings is 2. The number of fused-ring (bicyclic) bond motifs is 1. The molecule has 1 aliphatic rings.